The van der Waals surface area contributed by atoms with E-state index in [9.17, 15) is 20.1 Å². The molecule has 0 spiro atoms. The van der Waals surface area contributed by atoms with E-state index < -0.39 is 37.1 Å². The molecule has 2 bridgehead atoms. The maximum absolute atomic E-state index is 12.9. The average Bonchev–Trinajstić information content (AvgIpc) is 3.69. The molecule has 192 valence electrons. The second-order valence-electron chi connectivity index (χ2n) is 9.84. The molecule has 4 unspecified atom stereocenters. The Morgan fingerprint density at radius 1 is 1.28 bits per heavy atom. The number of carbonyl (C=O) groups is 1. The largest absolute Gasteiger partial charge is 0.394 e. The van der Waals surface area contributed by atoms with Gasteiger partial charge >= 0.3 is 12.0 Å². The number of aromatic amines is 1. The first-order valence-corrected chi connectivity index (χ1v) is 12.3. The molecule has 2 saturated carbocycles. The van der Waals surface area contributed by atoms with Crippen molar-refractivity contribution in [2.24, 2.45) is 11.8 Å². The number of aliphatic hydroxyl groups excluding tert-OH is 3. The number of imidazole rings is 1. The van der Waals surface area contributed by atoms with Gasteiger partial charge in [-0.2, -0.15) is 15.1 Å². The number of aromatic nitrogens is 6. The highest BCUT2D eigenvalue weighted by atomic mass is 16.6. The Morgan fingerprint density at radius 2 is 2.14 bits per heavy atom. The molecule has 6 rings (SSSR count). The Morgan fingerprint density at radius 3 is 2.83 bits per heavy atom. The maximum Gasteiger partial charge on any atom is 0.349 e. The van der Waals surface area contributed by atoms with Gasteiger partial charge in [0.15, 0.2) is 23.2 Å². The van der Waals surface area contributed by atoms with Crippen LogP contribution in [0.15, 0.2) is 12.5 Å². The standard InChI is InChI=1S/C23H29N7O6/c1-2-13-12(7-25-29-13)22(34)36-23-27-19(26-14-6-10-3-4-11(14)5-10)16-20(28-23)30(9-24-16)21-18(33)17(32)15(8-31)35-21/h7,9-11,14-15,17-18,21,31-33H,2-6,8H2,1H3,(H,25,29)(H,26,27,28)/t10?,11?,14?,15-,17-,18-,21?/m1/s1. The fraction of sp³-hybridized carbons (Fsp3) is 0.609. The second kappa shape index (κ2) is 9.07. The van der Waals surface area contributed by atoms with Crippen LogP contribution in [0.3, 0.4) is 0 Å². The minimum atomic E-state index is -1.32. The number of rotatable bonds is 7. The van der Waals surface area contributed by atoms with E-state index in [1.165, 1.54) is 29.9 Å². The van der Waals surface area contributed by atoms with Gasteiger partial charge in [0.25, 0.3) is 0 Å². The molecule has 0 amide bonds. The zero-order chi connectivity index (χ0) is 25.0. The van der Waals surface area contributed by atoms with Crippen LogP contribution in [-0.2, 0) is 11.2 Å². The lowest BCUT2D eigenvalue weighted by Crippen LogP contribution is -2.33. The number of esters is 1. The highest BCUT2D eigenvalue weighted by molar-refractivity contribution is 5.92. The van der Waals surface area contributed by atoms with Crippen LogP contribution in [-0.4, -0.2) is 82.0 Å². The Balaban J connectivity index is 1.37. The van der Waals surface area contributed by atoms with Crippen molar-refractivity contribution >= 4 is 23.0 Å². The highest BCUT2D eigenvalue weighted by Crippen LogP contribution is 2.46. The average molecular weight is 500 g/mol. The van der Waals surface area contributed by atoms with Gasteiger partial charge in [0, 0.05) is 11.7 Å². The quantitative estimate of drug-likeness (QED) is 0.286. The van der Waals surface area contributed by atoms with Crippen molar-refractivity contribution in [3.63, 3.8) is 0 Å². The Hall–Kier alpha value is -3.13. The van der Waals surface area contributed by atoms with Crippen LogP contribution >= 0.6 is 0 Å². The van der Waals surface area contributed by atoms with Gasteiger partial charge in [0.1, 0.15) is 23.9 Å². The molecule has 2 aliphatic carbocycles. The van der Waals surface area contributed by atoms with Crippen LogP contribution in [0.1, 0.15) is 54.9 Å². The third-order valence-electron chi connectivity index (χ3n) is 7.73. The summed E-state index contributed by atoms with van der Waals surface area (Å²) in [5, 5.41) is 40.5. The van der Waals surface area contributed by atoms with E-state index in [4.69, 9.17) is 9.47 Å². The van der Waals surface area contributed by atoms with E-state index >= 15 is 0 Å². The van der Waals surface area contributed by atoms with Gasteiger partial charge in [0.05, 0.1) is 19.1 Å². The molecule has 13 heteroatoms. The normalized spacial score (nSPS) is 31.4. The van der Waals surface area contributed by atoms with Crippen LogP contribution in [0, 0.1) is 11.8 Å². The predicted molar refractivity (Wildman–Crippen MR) is 124 cm³/mol. The number of fused-ring (bicyclic) bond motifs is 3. The Bertz CT molecular complexity index is 1280. The molecular formula is C23H29N7O6. The smallest absolute Gasteiger partial charge is 0.349 e. The molecule has 3 fully saturated rings. The van der Waals surface area contributed by atoms with Gasteiger partial charge in [-0.25, -0.2) is 9.78 Å². The molecule has 36 heavy (non-hydrogen) atoms. The van der Waals surface area contributed by atoms with Crippen LogP contribution in [0.25, 0.3) is 11.2 Å². The van der Waals surface area contributed by atoms with E-state index in [-0.39, 0.29) is 17.7 Å². The van der Waals surface area contributed by atoms with Gasteiger partial charge < -0.3 is 30.1 Å². The zero-order valence-corrected chi connectivity index (χ0v) is 19.7. The van der Waals surface area contributed by atoms with E-state index in [0.29, 0.717) is 40.8 Å². The van der Waals surface area contributed by atoms with Crippen molar-refractivity contribution in [3.8, 4) is 6.01 Å². The molecule has 1 aliphatic heterocycles. The Labute approximate surface area is 205 Å². The summed E-state index contributed by atoms with van der Waals surface area (Å²) in [6, 6.07) is 0.0416. The number of anilines is 1. The minimum Gasteiger partial charge on any atom is -0.394 e. The van der Waals surface area contributed by atoms with Crippen LogP contribution < -0.4 is 10.1 Å². The number of hydrogen-bond donors (Lipinski definition) is 5. The van der Waals surface area contributed by atoms with Gasteiger partial charge in [-0.3, -0.25) is 9.67 Å². The van der Waals surface area contributed by atoms with E-state index in [1.807, 2.05) is 6.92 Å². The van der Waals surface area contributed by atoms with Gasteiger partial charge in [-0.05, 0) is 37.5 Å². The molecular weight excluding hydrogens is 470 g/mol. The summed E-state index contributed by atoms with van der Waals surface area (Å²) >= 11 is 0. The van der Waals surface area contributed by atoms with Crippen molar-refractivity contribution < 1.29 is 29.6 Å². The molecule has 7 atom stereocenters. The van der Waals surface area contributed by atoms with Gasteiger partial charge in [-0.1, -0.05) is 13.3 Å². The van der Waals surface area contributed by atoms with E-state index in [0.717, 1.165) is 12.8 Å². The van der Waals surface area contributed by atoms with Crippen LogP contribution in [0.5, 0.6) is 6.01 Å². The minimum absolute atomic E-state index is 0.185. The van der Waals surface area contributed by atoms with Crippen molar-refractivity contribution in [1.29, 1.82) is 0 Å². The first-order chi connectivity index (χ1) is 17.5. The third kappa shape index (κ3) is 3.82. The van der Waals surface area contributed by atoms with Crippen LogP contribution in [0.4, 0.5) is 5.82 Å². The van der Waals surface area contributed by atoms with E-state index in [2.05, 4.69) is 30.5 Å². The highest BCUT2D eigenvalue weighted by Gasteiger charge is 2.44. The molecule has 0 aromatic carbocycles. The Kier molecular flexibility index (Phi) is 5.86. The maximum atomic E-state index is 12.9. The molecule has 1 saturated heterocycles. The topological polar surface area (TPSA) is 181 Å². The molecule has 3 aromatic rings. The van der Waals surface area contributed by atoms with Crippen molar-refractivity contribution in [1.82, 2.24) is 29.7 Å². The lowest BCUT2D eigenvalue weighted by atomic mass is 9.95. The number of H-pyrrole nitrogens is 1. The van der Waals surface area contributed by atoms with Crippen LogP contribution in [0.2, 0.25) is 0 Å². The summed E-state index contributed by atoms with van der Waals surface area (Å²) in [7, 11) is 0. The first-order valence-electron chi connectivity index (χ1n) is 12.3. The second-order valence-corrected chi connectivity index (χ2v) is 9.84. The predicted octanol–water partition coefficient (Wildman–Crippen LogP) is 0.543. The number of aliphatic hydroxyl groups is 3. The number of hydrogen-bond acceptors (Lipinski definition) is 11. The third-order valence-corrected chi connectivity index (χ3v) is 7.73. The first kappa shape index (κ1) is 23.3. The molecule has 5 N–H and O–H groups in total. The molecule has 13 nitrogen and oxygen atoms in total. The summed E-state index contributed by atoms with van der Waals surface area (Å²) in [4.78, 5) is 26.2. The van der Waals surface area contributed by atoms with E-state index in [1.54, 1.807) is 0 Å². The zero-order valence-electron chi connectivity index (χ0n) is 19.7. The molecule has 0 radical (unpaired) electrons. The summed E-state index contributed by atoms with van der Waals surface area (Å²) in [5.74, 6) is 1.03. The lowest BCUT2D eigenvalue weighted by molar-refractivity contribution is -0.0511. The molecule has 3 aromatic heterocycles. The fourth-order valence-corrected chi connectivity index (χ4v) is 5.83. The molecule has 3 aliphatic rings. The SMILES string of the molecule is CCc1[nH]ncc1C(=O)Oc1nc(NC2CC3CCC2C3)c2ncn(C3O[C@H](CO)[C@@H](O)[C@H]3O)c2n1. The fourth-order valence-electron chi connectivity index (χ4n) is 5.83. The summed E-state index contributed by atoms with van der Waals surface area (Å²) in [6.07, 6.45) is 3.43. The number of ether oxygens (including phenoxy) is 2. The summed E-state index contributed by atoms with van der Waals surface area (Å²) < 4.78 is 12.7. The van der Waals surface area contributed by atoms with Crippen molar-refractivity contribution in [2.45, 2.75) is 69.6 Å². The van der Waals surface area contributed by atoms with Gasteiger partial charge in [-0.15, -0.1) is 0 Å². The number of nitrogens with zero attached hydrogens (tertiary/aromatic N) is 5. The number of carbonyl (C=O) groups excluding carboxylic acids is 1. The lowest BCUT2D eigenvalue weighted by Gasteiger charge is -2.23. The number of aryl methyl sites for hydroxylation is 1. The van der Waals surface area contributed by atoms with Crippen molar-refractivity contribution in [2.75, 3.05) is 11.9 Å². The molecule has 4 heterocycles. The summed E-state index contributed by atoms with van der Waals surface area (Å²) in [6.45, 7) is 1.43. The summed E-state index contributed by atoms with van der Waals surface area (Å²) in [5.41, 5.74) is 1.61. The van der Waals surface area contributed by atoms with Crippen molar-refractivity contribution in [3.05, 3.63) is 23.8 Å². The number of nitrogens with one attached hydrogen (secondary N) is 2. The monoisotopic (exact) mass is 499 g/mol. The van der Waals surface area contributed by atoms with Gasteiger partial charge in [0.2, 0.25) is 0 Å².